The molecule has 2 rings (SSSR count). The third-order valence-corrected chi connectivity index (χ3v) is 6.74. The van der Waals surface area contributed by atoms with Crippen LogP contribution in [0.25, 0.3) is 0 Å². The van der Waals surface area contributed by atoms with E-state index in [0.717, 1.165) is 28.8 Å². The Hall–Kier alpha value is -0.786. The van der Waals surface area contributed by atoms with Gasteiger partial charge in [0.15, 0.2) is 0 Å². The molecule has 0 spiro atoms. The Morgan fingerprint density at radius 1 is 1.04 bits per heavy atom. The highest BCUT2D eigenvalue weighted by Crippen LogP contribution is 2.48. The van der Waals surface area contributed by atoms with E-state index in [1.807, 2.05) is 0 Å². The maximum absolute atomic E-state index is 6.57. The SMILES string of the molecule is C=C(C)[C@@H]1CCC(C)=C[C@H]1c1c(O[Si](C)(C)C)cc(Br)cc1O[Si](C)(C)C. The summed E-state index contributed by atoms with van der Waals surface area (Å²) in [6.07, 6.45) is 4.69. The Labute approximate surface area is 176 Å². The largest absolute Gasteiger partial charge is 0.544 e. The molecule has 0 N–H and O–H groups in total. The number of halogens is 1. The summed E-state index contributed by atoms with van der Waals surface area (Å²) < 4.78 is 14.2. The van der Waals surface area contributed by atoms with Gasteiger partial charge < -0.3 is 8.85 Å². The standard InChI is InChI=1S/C22H35BrO2Si2/c1-15(2)18-11-10-16(3)12-19(18)22-20(24-26(4,5)6)13-17(23)14-21(22)25-27(7,8)9/h12-14,18-19H,1,10-11H2,2-9H3/t18-,19+/m0/s1. The van der Waals surface area contributed by atoms with E-state index >= 15 is 0 Å². The smallest absolute Gasteiger partial charge is 0.242 e. The molecular weight excluding hydrogens is 432 g/mol. The molecular formula is C22H35BrO2Si2. The fourth-order valence-corrected chi connectivity index (χ4v) is 5.71. The van der Waals surface area contributed by atoms with Crippen molar-refractivity contribution in [2.24, 2.45) is 5.92 Å². The molecule has 1 aromatic rings. The van der Waals surface area contributed by atoms with Crippen molar-refractivity contribution in [2.45, 2.75) is 71.9 Å². The first-order valence-corrected chi connectivity index (χ1v) is 17.4. The minimum atomic E-state index is -1.77. The summed E-state index contributed by atoms with van der Waals surface area (Å²) in [5.74, 6) is 2.61. The normalized spacial score (nSPS) is 20.9. The van der Waals surface area contributed by atoms with E-state index in [2.05, 4.69) is 93.8 Å². The second kappa shape index (κ2) is 8.30. The van der Waals surface area contributed by atoms with Gasteiger partial charge in [0, 0.05) is 16.0 Å². The van der Waals surface area contributed by atoms with Crippen molar-refractivity contribution in [1.82, 2.24) is 0 Å². The molecule has 0 saturated heterocycles. The van der Waals surface area contributed by atoms with E-state index < -0.39 is 16.6 Å². The molecule has 2 atom stereocenters. The van der Waals surface area contributed by atoms with Crippen molar-refractivity contribution in [3.8, 4) is 11.5 Å². The lowest BCUT2D eigenvalue weighted by molar-refractivity contribution is 0.448. The molecule has 2 nitrogen and oxygen atoms in total. The molecule has 0 heterocycles. The Kier molecular flexibility index (Phi) is 6.91. The Bertz CT molecular complexity index is 705. The van der Waals surface area contributed by atoms with Gasteiger partial charge in [0.2, 0.25) is 16.6 Å². The molecule has 0 radical (unpaired) electrons. The molecule has 0 unspecified atom stereocenters. The van der Waals surface area contributed by atoms with Gasteiger partial charge in [0.05, 0.1) is 0 Å². The van der Waals surface area contributed by atoms with E-state index in [1.165, 1.54) is 16.7 Å². The molecule has 0 fully saturated rings. The zero-order chi connectivity index (χ0) is 20.6. The van der Waals surface area contributed by atoms with Gasteiger partial charge in [-0.15, -0.1) is 0 Å². The van der Waals surface area contributed by atoms with Crippen LogP contribution >= 0.6 is 15.9 Å². The molecule has 0 aliphatic heterocycles. The van der Waals surface area contributed by atoms with Gasteiger partial charge in [0.1, 0.15) is 11.5 Å². The van der Waals surface area contributed by atoms with Crippen LogP contribution in [-0.2, 0) is 0 Å². The van der Waals surface area contributed by atoms with Gasteiger partial charge in [-0.1, -0.05) is 39.7 Å². The van der Waals surface area contributed by atoms with Crippen LogP contribution in [0.3, 0.4) is 0 Å². The lowest BCUT2D eigenvalue weighted by atomic mass is 9.74. The summed E-state index contributed by atoms with van der Waals surface area (Å²) in [6, 6.07) is 4.25. The summed E-state index contributed by atoms with van der Waals surface area (Å²) in [4.78, 5) is 0. The first-order valence-electron chi connectivity index (χ1n) is 9.81. The fraction of sp³-hybridized carbons (Fsp3) is 0.545. The van der Waals surface area contributed by atoms with Gasteiger partial charge in [-0.25, -0.2) is 0 Å². The quantitative estimate of drug-likeness (QED) is 0.313. The lowest BCUT2D eigenvalue weighted by Gasteiger charge is -2.35. The minimum Gasteiger partial charge on any atom is -0.544 e. The Morgan fingerprint density at radius 3 is 1.93 bits per heavy atom. The van der Waals surface area contributed by atoms with Crippen LogP contribution in [-0.4, -0.2) is 16.6 Å². The van der Waals surface area contributed by atoms with Gasteiger partial charge in [-0.05, 0) is 84.0 Å². The molecule has 1 aromatic carbocycles. The van der Waals surface area contributed by atoms with Gasteiger partial charge in [-0.3, -0.25) is 0 Å². The number of allylic oxidation sites excluding steroid dienone is 3. The van der Waals surface area contributed by atoms with Crippen molar-refractivity contribution in [1.29, 1.82) is 0 Å². The number of hydrogen-bond acceptors (Lipinski definition) is 2. The van der Waals surface area contributed by atoms with Crippen LogP contribution in [0.2, 0.25) is 39.3 Å². The summed E-state index contributed by atoms with van der Waals surface area (Å²) in [6.45, 7) is 22.1. The first kappa shape index (κ1) is 22.5. The Morgan fingerprint density at radius 2 is 1.52 bits per heavy atom. The Balaban J connectivity index is 2.72. The first-order chi connectivity index (χ1) is 12.3. The average molecular weight is 468 g/mol. The molecule has 27 heavy (non-hydrogen) atoms. The molecule has 150 valence electrons. The topological polar surface area (TPSA) is 18.5 Å². The molecule has 0 aromatic heterocycles. The van der Waals surface area contributed by atoms with Crippen molar-refractivity contribution in [3.05, 3.63) is 46.0 Å². The predicted molar refractivity (Wildman–Crippen MR) is 126 cm³/mol. The van der Waals surface area contributed by atoms with E-state index in [4.69, 9.17) is 8.85 Å². The van der Waals surface area contributed by atoms with Crippen LogP contribution in [0.1, 0.15) is 38.2 Å². The molecule has 1 aliphatic rings. The maximum Gasteiger partial charge on any atom is 0.242 e. The monoisotopic (exact) mass is 466 g/mol. The van der Waals surface area contributed by atoms with E-state index in [1.54, 1.807) is 0 Å². The second-order valence-electron chi connectivity index (χ2n) is 9.77. The van der Waals surface area contributed by atoms with E-state index in [9.17, 15) is 0 Å². The predicted octanol–water partition coefficient (Wildman–Crippen LogP) is 7.89. The zero-order valence-corrected chi connectivity index (χ0v) is 21.8. The highest BCUT2D eigenvalue weighted by molar-refractivity contribution is 9.10. The maximum atomic E-state index is 6.57. The van der Waals surface area contributed by atoms with Gasteiger partial charge >= 0.3 is 0 Å². The summed E-state index contributed by atoms with van der Waals surface area (Å²) in [5, 5.41) is 0. The minimum absolute atomic E-state index is 0.252. The van der Waals surface area contributed by atoms with Crippen LogP contribution in [0.15, 0.2) is 40.4 Å². The third kappa shape index (κ3) is 6.36. The van der Waals surface area contributed by atoms with E-state index in [0.29, 0.717) is 5.92 Å². The molecule has 0 amide bonds. The number of benzene rings is 1. The zero-order valence-electron chi connectivity index (χ0n) is 18.2. The fourth-order valence-electron chi connectivity index (χ4n) is 3.63. The molecule has 1 aliphatic carbocycles. The summed E-state index contributed by atoms with van der Waals surface area (Å²) in [5.41, 5.74) is 3.89. The average Bonchev–Trinajstić information content (AvgIpc) is 2.42. The van der Waals surface area contributed by atoms with Crippen LogP contribution in [0.4, 0.5) is 0 Å². The second-order valence-corrected chi connectivity index (χ2v) is 19.5. The highest BCUT2D eigenvalue weighted by atomic mass is 79.9. The van der Waals surface area contributed by atoms with Crippen LogP contribution in [0, 0.1) is 5.92 Å². The van der Waals surface area contributed by atoms with Crippen LogP contribution < -0.4 is 8.85 Å². The van der Waals surface area contributed by atoms with Crippen molar-refractivity contribution >= 4 is 32.6 Å². The van der Waals surface area contributed by atoms with Crippen LogP contribution in [0.5, 0.6) is 11.5 Å². The molecule has 0 bridgehead atoms. The van der Waals surface area contributed by atoms with Gasteiger partial charge in [0.25, 0.3) is 0 Å². The van der Waals surface area contributed by atoms with Crippen molar-refractivity contribution in [2.75, 3.05) is 0 Å². The number of hydrogen-bond donors (Lipinski definition) is 0. The lowest BCUT2D eigenvalue weighted by Crippen LogP contribution is -2.32. The molecule has 0 saturated carbocycles. The van der Waals surface area contributed by atoms with Crippen molar-refractivity contribution < 1.29 is 8.85 Å². The molecule has 5 heteroatoms. The van der Waals surface area contributed by atoms with Gasteiger partial charge in [-0.2, -0.15) is 0 Å². The highest BCUT2D eigenvalue weighted by Gasteiger charge is 2.33. The summed E-state index contributed by atoms with van der Waals surface area (Å²) >= 11 is 3.68. The van der Waals surface area contributed by atoms with E-state index in [-0.39, 0.29) is 5.92 Å². The number of rotatable bonds is 6. The third-order valence-electron chi connectivity index (χ3n) is 4.61. The van der Waals surface area contributed by atoms with Crippen molar-refractivity contribution in [3.63, 3.8) is 0 Å². The summed E-state index contributed by atoms with van der Waals surface area (Å²) in [7, 11) is -3.54.